The number of ether oxygens (including phenoxy) is 1. The number of carbonyl (C=O) groups is 2. The van der Waals surface area contributed by atoms with Gasteiger partial charge in [-0.3, -0.25) is 14.5 Å². The summed E-state index contributed by atoms with van der Waals surface area (Å²) in [5, 5.41) is 0. The number of rotatable bonds is 4. The van der Waals surface area contributed by atoms with Crippen LogP contribution in [0.1, 0.15) is 52.4 Å². The number of hydrogen-bond donors (Lipinski definition) is 0. The van der Waals surface area contributed by atoms with Crippen molar-refractivity contribution in [1.82, 2.24) is 4.90 Å². The minimum Gasteiger partial charge on any atom is -0.462 e. The highest BCUT2D eigenvalue weighted by Crippen LogP contribution is 2.32. The summed E-state index contributed by atoms with van der Waals surface area (Å²) in [6, 6.07) is 0.271. The molecule has 1 heterocycles. The molecule has 0 aromatic carbocycles. The summed E-state index contributed by atoms with van der Waals surface area (Å²) in [6.07, 6.45) is 5.98. The summed E-state index contributed by atoms with van der Waals surface area (Å²) >= 11 is 0. The second-order valence-electron chi connectivity index (χ2n) is 6.04. The molecule has 4 heteroatoms. The quantitative estimate of drug-likeness (QED) is 0.732. The zero-order valence-corrected chi connectivity index (χ0v) is 12.1. The maximum absolute atomic E-state index is 12.0. The number of likely N-dealkylation sites (tertiary alicyclic amines) is 1. The molecule has 2 rings (SSSR count). The highest BCUT2D eigenvalue weighted by Gasteiger charge is 2.37. The lowest BCUT2D eigenvalue weighted by atomic mass is 9.82. The Labute approximate surface area is 115 Å². The first kappa shape index (κ1) is 14.5. The van der Waals surface area contributed by atoms with Crippen LogP contribution in [0.2, 0.25) is 0 Å². The van der Waals surface area contributed by atoms with Gasteiger partial charge in [0, 0.05) is 18.4 Å². The van der Waals surface area contributed by atoms with Crippen LogP contribution in [0.25, 0.3) is 0 Å². The van der Waals surface area contributed by atoms with E-state index in [4.69, 9.17) is 4.74 Å². The Balaban J connectivity index is 1.92. The van der Waals surface area contributed by atoms with Crippen LogP contribution in [0, 0.1) is 5.92 Å². The minimum absolute atomic E-state index is 0.0649. The van der Waals surface area contributed by atoms with E-state index in [9.17, 15) is 9.59 Å². The Morgan fingerprint density at radius 1 is 1.32 bits per heavy atom. The maximum Gasteiger partial charge on any atom is 0.320 e. The first-order valence-electron chi connectivity index (χ1n) is 7.54. The van der Waals surface area contributed by atoms with Crippen LogP contribution in [-0.4, -0.2) is 41.9 Å². The smallest absolute Gasteiger partial charge is 0.320 e. The molecule has 1 saturated heterocycles. The predicted octanol–water partition coefficient (Wildman–Crippen LogP) is 2.16. The third kappa shape index (κ3) is 3.78. The molecule has 1 saturated carbocycles. The van der Waals surface area contributed by atoms with Crippen LogP contribution in [0.3, 0.4) is 0 Å². The van der Waals surface area contributed by atoms with Crippen LogP contribution >= 0.6 is 0 Å². The summed E-state index contributed by atoms with van der Waals surface area (Å²) in [7, 11) is 0. The van der Waals surface area contributed by atoms with Gasteiger partial charge in [-0.15, -0.1) is 0 Å². The van der Waals surface area contributed by atoms with E-state index in [-0.39, 0.29) is 24.0 Å². The molecule has 19 heavy (non-hydrogen) atoms. The van der Waals surface area contributed by atoms with Crippen LogP contribution in [-0.2, 0) is 14.3 Å². The number of Topliss-reactive ketones (excluding diaryl/α,β-unsaturated/α-hetero) is 1. The Morgan fingerprint density at radius 2 is 2.11 bits per heavy atom. The highest BCUT2D eigenvalue weighted by atomic mass is 16.5. The van der Waals surface area contributed by atoms with Crippen molar-refractivity contribution in [2.24, 2.45) is 5.92 Å². The van der Waals surface area contributed by atoms with Crippen molar-refractivity contribution in [2.45, 2.75) is 64.5 Å². The zero-order chi connectivity index (χ0) is 13.8. The van der Waals surface area contributed by atoms with Crippen molar-refractivity contribution in [3.63, 3.8) is 0 Å². The lowest BCUT2D eigenvalue weighted by molar-refractivity contribution is -0.149. The standard InChI is InChI=1S/C15H25NO3/c1-11(2)19-15(18)10-16-9-5-7-13(16)12-6-3-4-8-14(12)17/h11-13H,3-10H2,1-2H3. The van der Waals surface area contributed by atoms with Crippen molar-refractivity contribution < 1.29 is 14.3 Å². The summed E-state index contributed by atoms with van der Waals surface area (Å²) in [5.41, 5.74) is 0. The topological polar surface area (TPSA) is 46.6 Å². The van der Waals surface area contributed by atoms with Gasteiger partial charge in [0.2, 0.25) is 0 Å². The van der Waals surface area contributed by atoms with Gasteiger partial charge in [0.05, 0.1) is 12.6 Å². The van der Waals surface area contributed by atoms with Crippen LogP contribution in [0.4, 0.5) is 0 Å². The van der Waals surface area contributed by atoms with E-state index in [1.807, 2.05) is 13.8 Å². The van der Waals surface area contributed by atoms with E-state index in [0.29, 0.717) is 12.3 Å². The molecule has 1 aliphatic carbocycles. The first-order valence-corrected chi connectivity index (χ1v) is 7.54. The molecule has 2 atom stereocenters. The molecular formula is C15H25NO3. The fraction of sp³-hybridized carbons (Fsp3) is 0.867. The van der Waals surface area contributed by atoms with Crippen LogP contribution in [0.5, 0.6) is 0 Å². The molecule has 2 aliphatic rings. The summed E-state index contributed by atoms with van der Waals surface area (Å²) < 4.78 is 5.21. The molecule has 0 aromatic rings. The third-order valence-electron chi connectivity index (χ3n) is 4.18. The van der Waals surface area contributed by atoms with Gasteiger partial charge < -0.3 is 4.74 Å². The average molecular weight is 267 g/mol. The number of nitrogens with zero attached hydrogens (tertiary/aromatic N) is 1. The summed E-state index contributed by atoms with van der Waals surface area (Å²) in [5.74, 6) is 0.397. The Bertz CT molecular complexity index is 340. The van der Waals surface area contributed by atoms with Gasteiger partial charge in [-0.05, 0) is 46.1 Å². The zero-order valence-electron chi connectivity index (χ0n) is 12.1. The van der Waals surface area contributed by atoms with E-state index in [2.05, 4.69) is 4.90 Å². The van der Waals surface area contributed by atoms with Gasteiger partial charge in [0.25, 0.3) is 0 Å². The molecular weight excluding hydrogens is 242 g/mol. The molecule has 108 valence electrons. The van der Waals surface area contributed by atoms with Crippen LogP contribution < -0.4 is 0 Å². The molecule has 0 amide bonds. The van der Waals surface area contributed by atoms with Crippen molar-refractivity contribution in [1.29, 1.82) is 0 Å². The predicted molar refractivity (Wildman–Crippen MR) is 72.8 cm³/mol. The van der Waals surface area contributed by atoms with E-state index >= 15 is 0 Å². The molecule has 1 aliphatic heterocycles. The van der Waals surface area contributed by atoms with Crippen molar-refractivity contribution >= 4 is 11.8 Å². The Kier molecular flexibility index (Phi) is 4.97. The second-order valence-corrected chi connectivity index (χ2v) is 6.04. The normalized spacial score (nSPS) is 28.9. The van der Waals surface area contributed by atoms with Gasteiger partial charge in [-0.1, -0.05) is 6.42 Å². The molecule has 0 bridgehead atoms. The summed E-state index contributed by atoms with van der Waals surface area (Å²) in [4.78, 5) is 26.0. The number of carbonyl (C=O) groups excluding carboxylic acids is 2. The number of ketones is 1. The fourth-order valence-corrected chi connectivity index (χ4v) is 3.39. The molecule has 0 N–H and O–H groups in total. The van der Waals surface area contributed by atoms with Gasteiger partial charge in [-0.25, -0.2) is 0 Å². The van der Waals surface area contributed by atoms with Gasteiger partial charge >= 0.3 is 5.97 Å². The minimum atomic E-state index is -0.162. The highest BCUT2D eigenvalue weighted by molar-refractivity contribution is 5.82. The average Bonchev–Trinajstić information content (AvgIpc) is 2.76. The largest absolute Gasteiger partial charge is 0.462 e. The van der Waals surface area contributed by atoms with Crippen molar-refractivity contribution in [3.05, 3.63) is 0 Å². The maximum atomic E-state index is 12.0. The SMILES string of the molecule is CC(C)OC(=O)CN1CCCC1C1CCCCC1=O. The molecule has 2 fully saturated rings. The van der Waals surface area contributed by atoms with Crippen molar-refractivity contribution in [2.75, 3.05) is 13.1 Å². The van der Waals surface area contributed by atoms with Gasteiger partial charge in [0.15, 0.2) is 0 Å². The molecule has 2 unspecified atom stereocenters. The fourth-order valence-electron chi connectivity index (χ4n) is 3.39. The van der Waals surface area contributed by atoms with Gasteiger partial charge in [-0.2, -0.15) is 0 Å². The van der Waals surface area contributed by atoms with E-state index in [1.54, 1.807) is 0 Å². The van der Waals surface area contributed by atoms with E-state index in [0.717, 1.165) is 45.1 Å². The number of esters is 1. The molecule has 0 radical (unpaired) electrons. The third-order valence-corrected chi connectivity index (χ3v) is 4.18. The Hall–Kier alpha value is -0.900. The lowest BCUT2D eigenvalue weighted by Gasteiger charge is -2.32. The Morgan fingerprint density at radius 3 is 2.79 bits per heavy atom. The van der Waals surface area contributed by atoms with E-state index < -0.39 is 0 Å². The number of hydrogen-bond acceptors (Lipinski definition) is 4. The van der Waals surface area contributed by atoms with Crippen molar-refractivity contribution in [3.8, 4) is 0 Å². The molecule has 0 aromatic heterocycles. The van der Waals surface area contributed by atoms with E-state index in [1.165, 1.54) is 0 Å². The lowest BCUT2D eigenvalue weighted by Crippen LogP contribution is -2.43. The first-order chi connectivity index (χ1) is 9.08. The second kappa shape index (κ2) is 6.51. The van der Waals surface area contributed by atoms with Crippen LogP contribution in [0.15, 0.2) is 0 Å². The molecule has 0 spiro atoms. The monoisotopic (exact) mass is 267 g/mol. The molecule has 4 nitrogen and oxygen atoms in total. The summed E-state index contributed by atoms with van der Waals surface area (Å²) in [6.45, 7) is 4.99. The van der Waals surface area contributed by atoms with Gasteiger partial charge in [0.1, 0.15) is 5.78 Å².